The smallest absolute Gasteiger partial charge is 0.345 e. The first-order valence-corrected chi connectivity index (χ1v) is 10.1. The van der Waals surface area contributed by atoms with Crippen molar-refractivity contribution in [3.05, 3.63) is 32.7 Å². The zero-order chi connectivity index (χ0) is 22.2. The first-order valence-electron chi connectivity index (χ1n) is 9.75. The van der Waals surface area contributed by atoms with Gasteiger partial charge in [0.2, 0.25) is 0 Å². The van der Waals surface area contributed by atoms with Gasteiger partial charge in [-0.05, 0) is 11.8 Å². The molecule has 1 atom stereocenters. The Labute approximate surface area is 178 Å². The molecule has 2 aromatic heterocycles. The number of halogens is 1. The number of rotatable bonds is 5. The number of aromatic nitrogens is 2. The first-order chi connectivity index (χ1) is 14.1. The number of carboxylic acid groups (broad SMARTS) is 1. The monoisotopic (exact) mass is 436 g/mol. The van der Waals surface area contributed by atoms with Crippen LogP contribution in [0.1, 0.15) is 62.4 Å². The molecule has 1 unspecified atom stereocenters. The van der Waals surface area contributed by atoms with Gasteiger partial charge in [0, 0.05) is 17.5 Å². The molecule has 8 nitrogen and oxygen atoms in total. The van der Waals surface area contributed by atoms with Gasteiger partial charge in [0.1, 0.15) is 11.4 Å². The molecule has 3 N–H and O–H groups in total. The third-order valence-corrected chi connectivity index (χ3v) is 5.41. The van der Waals surface area contributed by atoms with Crippen LogP contribution in [0.15, 0.2) is 10.9 Å². The number of hydrogen-bond acceptors (Lipinski definition) is 6. The van der Waals surface area contributed by atoms with Crippen LogP contribution in [-0.2, 0) is 0 Å². The molecule has 2 aromatic rings. The molecule has 0 saturated carbocycles. The summed E-state index contributed by atoms with van der Waals surface area (Å²) in [7, 11) is 0. The molecule has 0 saturated heterocycles. The molecule has 0 radical (unpaired) electrons. The maximum atomic E-state index is 12.4. The summed E-state index contributed by atoms with van der Waals surface area (Å²) in [6.45, 7) is 8.46. The summed E-state index contributed by atoms with van der Waals surface area (Å²) < 4.78 is 11.7. The van der Waals surface area contributed by atoms with Gasteiger partial charge in [-0.25, -0.2) is 9.78 Å². The number of aromatic carboxylic acids is 1. The van der Waals surface area contributed by atoms with Crippen LogP contribution in [0.25, 0.3) is 11.4 Å². The summed E-state index contributed by atoms with van der Waals surface area (Å²) >= 11 is 6.31. The van der Waals surface area contributed by atoms with Crippen molar-refractivity contribution in [2.75, 3.05) is 13.2 Å². The Kier molecular flexibility index (Phi) is 5.99. The number of aromatic hydroxyl groups is 1. The molecule has 0 amide bonds. The molecule has 1 aliphatic heterocycles. The Hall–Kier alpha value is -2.74. The van der Waals surface area contributed by atoms with Crippen molar-refractivity contribution < 1.29 is 24.5 Å². The van der Waals surface area contributed by atoms with Gasteiger partial charge in [-0.2, -0.15) is 0 Å². The number of pyridine rings is 2. The van der Waals surface area contributed by atoms with Crippen molar-refractivity contribution in [1.29, 1.82) is 0 Å². The predicted octanol–water partition coefficient (Wildman–Crippen LogP) is 4.20. The van der Waals surface area contributed by atoms with Crippen LogP contribution in [-0.4, -0.2) is 39.4 Å². The number of fused-ring (bicyclic) bond motifs is 3. The third kappa shape index (κ3) is 3.96. The van der Waals surface area contributed by atoms with E-state index in [-0.39, 0.29) is 28.7 Å². The first kappa shape index (κ1) is 22.0. The largest absolute Gasteiger partial charge is 0.506 e. The Balaban J connectivity index is 2.26. The molecule has 0 spiro atoms. The lowest BCUT2D eigenvalue weighted by Crippen LogP contribution is -2.27. The van der Waals surface area contributed by atoms with Crippen molar-refractivity contribution in [2.24, 2.45) is 5.41 Å². The fraction of sp³-hybridized carbons (Fsp3) is 0.476. The molecule has 3 heterocycles. The molecule has 3 rings (SSSR count). The average Bonchev–Trinajstić information content (AvgIpc) is 2.79. The minimum absolute atomic E-state index is 0.0799. The summed E-state index contributed by atoms with van der Waals surface area (Å²) in [5.41, 5.74) is -1.39. The lowest BCUT2D eigenvalue weighted by molar-refractivity contribution is 0.0691. The van der Waals surface area contributed by atoms with E-state index < -0.39 is 34.2 Å². The SMILES string of the molecule is CCCCOc1cc2c(nc1Cl)-c1[nH]c(=O)c(C(=O)O)c(O)c1C(C(C)(C)C)CO2. The lowest BCUT2D eigenvalue weighted by atomic mass is 9.75. The molecule has 162 valence electrons. The molecule has 0 aromatic carbocycles. The fourth-order valence-corrected chi connectivity index (χ4v) is 3.63. The van der Waals surface area contributed by atoms with E-state index >= 15 is 0 Å². The molecule has 1 aliphatic rings. The molecule has 30 heavy (non-hydrogen) atoms. The number of unbranched alkanes of at least 4 members (excludes halogenated alkanes) is 1. The van der Waals surface area contributed by atoms with E-state index in [1.807, 2.05) is 27.7 Å². The second-order valence-corrected chi connectivity index (χ2v) is 8.69. The van der Waals surface area contributed by atoms with Gasteiger partial charge in [0.15, 0.2) is 22.2 Å². The average molecular weight is 437 g/mol. The molecule has 0 bridgehead atoms. The standard InChI is InChI=1S/C21H25ClN2O6/c1-5-6-7-29-12-8-11-15(23-18(12)22)16-13(10(9-30-11)21(2,3)4)17(25)14(20(27)28)19(26)24-16/h8,10H,5-7,9H2,1-4H3,(H,27,28)(H2,24,25,26). The zero-order valence-corrected chi connectivity index (χ0v) is 18.1. The third-order valence-electron chi connectivity index (χ3n) is 5.14. The Morgan fingerprint density at radius 3 is 2.73 bits per heavy atom. The second kappa shape index (κ2) is 8.18. The number of aromatic amines is 1. The maximum Gasteiger partial charge on any atom is 0.345 e. The summed E-state index contributed by atoms with van der Waals surface area (Å²) in [5, 5.41) is 20.3. The predicted molar refractivity (Wildman–Crippen MR) is 112 cm³/mol. The van der Waals surface area contributed by atoms with E-state index in [0.717, 1.165) is 12.8 Å². The van der Waals surface area contributed by atoms with Gasteiger partial charge >= 0.3 is 5.97 Å². The van der Waals surface area contributed by atoms with Crippen molar-refractivity contribution in [3.8, 4) is 28.6 Å². The number of hydrogen-bond donors (Lipinski definition) is 3. The van der Waals surface area contributed by atoms with Crippen LogP contribution >= 0.6 is 11.6 Å². The fourth-order valence-electron chi connectivity index (χ4n) is 3.44. The highest BCUT2D eigenvalue weighted by atomic mass is 35.5. The summed E-state index contributed by atoms with van der Waals surface area (Å²) in [5.74, 6) is -1.84. The maximum absolute atomic E-state index is 12.4. The minimum Gasteiger partial charge on any atom is -0.506 e. The van der Waals surface area contributed by atoms with Crippen molar-refractivity contribution in [3.63, 3.8) is 0 Å². The minimum atomic E-state index is -1.51. The highest BCUT2D eigenvalue weighted by Gasteiger charge is 2.38. The molecular formula is C21H25ClN2O6. The molecule has 0 fully saturated rings. The molecule has 9 heteroatoms. The number of ether oxygens (including phenoxy) is 2. The van der Waals surface area contributed by atoms with Crippen molar-refractivity contribution in [2.45, 2.75) is 46.5 Å². The van der Waals surface area contributed by atoms with E-state index in [9.17, 15) is 19.8 Å². The van der Waals surface area contributed by atoms with Gasteiger partial charge in [-0.15, -0.1) is 0 Å². The Bertz CT molecular complexity index is 1040. The van der Waals surface area contributed by atoms with Gasteiger partial charge in [-0.1, -0.05) is 45.7 Å². The lowest BCUT2D eigenvalue weighted by Gasteiger charge is -2.31. The van der Waals surface area contributed by atoms with Gasteiger partial charge in [0.25, 0.3) is 5.56 Å². The molecular weight excluding hydrogens is 412 g/mol. The quantitative estimate of drug-likeness (QED) is 0.474. The number of nitrogens with zero attached hydrogens (tertiary/aromatic N) is 1. The van der Waals surface area contributed by atoms with Gasteiger partial charge in [-0.3, -0.25) is 4.79 Å². The van der Waals surface area contributed by atoms with E-state index in [2.05, 4.69) is 9.97 Å². The van der Waals surface area contributed by atoms with Crippen LogP contribution in [0.5, 0.6) is 17.2 Å². The van der Waals surface area contributed by atoms with Crippen molar-refractivity contribution >= 4 is 17.6 Å². The van der Waals surface area contributed by atoms with Gasteiger partial charge < -0.3 is 24.7 Å². The molecule has 0 aliphatic carbocycles. The number of nitrogens with one attached hydrogen (secondary N) is 1. The highest BCUT2D eigenvalue weighted by Crippen LogP contribution is 2.48. The van der Waals surface area contributed by atoms with Crippen LogP contribution < -0.4 is 15.0 Å². The van der Waals surface area contributed by atoms with Crippen LogP contribution in [0, 0.1) is 5.41 Å². The van der Waals surface area contributed by atoms with E-state index in [1.165, 1.54) is 0 Å². The second-order valence-electron chi connectivity index (χ2n) is 8.33. The van der Waals surface area contributed by atoms with E-state index in [4.69, 9.17) is 21.1 Å². The van der Waals surface area contributed by atoms with Crippen LogP contribution in [0.2, 0.25) is 5.15 Å². The van der Waals surface area contributed by atoms with E-state index in [0.29, 0.717) is 18.1 Å². The number of carboxylic acids is 1. The number of carbonyl (C=O) groups is 1. The topological polar surface area (TPSA) is 122 Å². The zero-order valence-electron chi connectivity index (χ0n) is 17.3. The summed E-state index contributed by atoms with van der Waals surface area (Å²) in [6, 6.07) is 1.61. The summed E-state index contributed by atoms with van der Waals surface area (Å²) in [4.78, 5) is 30.9. The van der Waals surface area contributed by atoms with E-state index in [1.54, 1.807) is 6.07 Å². The van der Waals surface area contributed by atoms with Crippen LogP contribution in [0.3, 0.4) is 0 Å². The summed E-state index contributed by atoms with van der Waals surface area (Å²) in [6.07, 6.45) is 1.81. The Morgan fingerprint density at radius 1 is 1.43 bits per heavy atom. The highest BCUT2D eigenvalue weighted by molar-refractivity contribution is 6.31. The van der Waals surface area contributed by atoms with Gasteiger partial charge in [0.05, 0.1) is 18.9 Å². The number of H-pyrrole nitrogens is 1. The Morgan fingerprint density at radius 2 is 2.13 bits per heavy atom. The normalized spacial score (nSPS) is 15.6. The van der Waals surface area contributed by atoms with Crippen molar-refractivity contribution in [1.82, 2.24) is 9.97 Å². The van der Waals surface area contributed by atoms with Crippen LogP contribution in [0.4, 0.5) is 0 Å².